The number of rotatable bonds is 4. The second-order valence-corrected chi connectivity index (χ2v) is 6.48. The van der Waals surface area contributed by atoms with Gasteiger partial charge in [0.1, 0.15) is 0 Å². The molecule has 26 heavy (non-hydrogen) atoms. The summed E-state index contributed by atoms with van der Waals surface area (Å²) in [6.07, 6.45) is 1.44. The molecule has 0 radical (unpaired) electrons. The molecule has 0 bridgehead atoms. The number of aromatic nitrogens is 1. The Hall–Kier alpha value is -3.45. The number of carbonyl (C=O) groups is 2. The van der Waals surface area contributed by atoms with E-state index in [0.717, 1.165) is 10.2 Å². The highest BCUT2D eigenvalue weighted by molar-refractivity contribution is 7.22. The van der Waals surface area contributed by atoms with Crippen LogP contribution in [0.15, 0.2) is 71.3 Å². The zero-order chi connectivity index (χ0) is 17.9. The number of thiazole rings is 1. The standard InChI is InChI=1S/C19H13N3O3S/c23-17(12-5-2-1-3-6-12)20-13-8-9-14-16(11-13)26-19(21-14)22-18(24)15-7-4-10-25-15/h1-11H,(H,20,23)(H,21,22,24). The fourth-order valence-electron chi connectivity index (χ4n) is 2.42. The van der Waals surface area contributed by atoms with Crippen molar-refractivity contribution in [3.63, 3.8) is 0 Å². The van der Waals surface area contributed by atoms with Crippen LogP contribution in [0.25, 0.3) is 10.2 Å². The lowest BCUT2D eigenvalue weighted by atomic mass is 10.2. The summed E-state index contributed by atoms with van der Waals surface area (Å²) >= 11 is 1.32. The number of nitrogens with zero attached hydrogens (tertiary/aromatic N) is 1. The molecule has 0 fully saturated rings. The second kappa shape index (κ2) is 6.81. The third kappa shape index (κ3) is 3.33. The van der Waals surface area contributed by atoms with E-state index in [1.54, 1.807) is 36.4 Å². The fourth-order valence-corrected chi connectivity index (χ4v) is 3.32. The van der Waals surface area contributed by atoms with Gasteiger partial charge in [-0.2, -0.15) is 0 Å². The predicted octanol–water partition coefficient (Wildman–Crippen LogP) is 4.39. The molecule has 0 atom stereocenters. The smallest absolute Gasteiger partial charge is 0.293 e. The van der Waals surface area contributed by atoms with Crippen LogP contribution in [0.5, 0.6) is 0 Å². The quantitative estimate of drug-likeness (QED) is 0.563. The molecule has 0 spiro atoms. The van der Waals surface area contributed by atoms with Gasteiger partial charge >= 0.3 is 0 Å². The molecule has 0 unspecified atom stereocenters. The van der Waals surface area contributed by atoms with Gasteiger partial charge in [0, 0.05) is 11.3 Å². The van der Waals surface area contributed by atoms with E-state index in [9.17, 15) is 9.59 Å². The first-order valence-electron chi connectivity index (χ1n) is 7.81. The zero-order valence-corrected chi connectivity index (χ0v) is 14.2. The van der Waals surface area contributed by atoms with Crippen molar-refractivity contribution in [3.05, 3.63) is 78.3 Å². The highest BCUT2D eigenvalue weighted by atomic mass is 32.1. The molecule has 4 aromatic rings. The second-order valence-electron chi connectivity index (χ2n) is 5.45. The van der Waals surface area contributed by atoms with E-state index in [-0.39, 0.29) is 17.6 Å². The van der Waals surface area contributed by atoms with Crippen LogP contribution in [0.4, 0.5) is 10.8 Å². The molecule has 2 heterocycles. The molecule has 2 aromatic carbocycles. The number of hydrogen-bond donors (Lipinski definition) is 2. The number of benzene rings is 2. The number of anilines is 2. The highest BCUT2D eigenvalue weighted by Gasteiger charge is 2.13. The van der Waals surface area contributed by atoms with Gasteiger partial charge in [0.05, 0.1) is 16.5 Å². The Morgan fingerprint density at radius 1 is 0.923 bits per heavy atom. The first kappa shape index (κ1) is 16.0. The van der Waals surface area contributed by atoms with E-state index in [4.69, 9.17) is 4.42 Å². The summed E-state index contributed by atoms with van der Waals surface area (Å²) in [4.78, 5) is 28.6. The summed E-state index contributed by atoms with van der Waals surface area (Å²) < 4.78 is 5.92. The van der Waals surface area contributed by atoms with Crippen LogP contribution in [0, 0.1) is 0 Å². The number of furan rings is 1. The molecule has 0 saturated carbocycles. The number of amides is 2. The third-order valence-electron chi connectivity index (χ3n) is 3.65. The van der Waals surface area contributed by atoms with Crippen LogP contribution in [0.2, 0.25) is 0 Å². The fraction of sp³-hybridized carbons (Fsp3) is 0. The summed E-state index contributed by atoms with van der Waals surface area (Å²) in [5.41, 5.74) is 1.99. The van der Waals surface area contributed by atoms with E-state index >= 15 is 0 Å². The molecule has 2 aromatic heterocycles. The first-order chi connectivity index (χ1) is 12.7. The van der Waals surface area contributed by atoms with Gasteiger partial charge in [0.15, 0.2) is 10.9 Å². The third-order valence-corrected chi connectivity index (χ3v) is 4.58. The molecule has 0 saturated heterocycles. The van der Waals surface area contributed by atoms with Crippen LogP contribution < -0.4 is 10.6 Å². The van der Waals surface area contributed by atoms with E-state index < -0.39 is 0 Å². The molecule has 4 rings (SSSR count). The maximum atomic E-state index is 12.2. The van der Waals surface area contributed by atoms with Crippen molar-refractivity contribution in [2.75, 3.05) is 10.6 Å². The highest BCUT2D eigenvalue weighted by Crippen LogP contribution is 2.29. The Kier molecular flexibility index (Phi) is 4.20. The maximum Gasteiger partial charge on any atom is 0.293 e. The van der Waals surface area contributed by atoms with E-state index in [1.807, 2.05) is 24.3 Å². The van der Waals surface area contributed by atoms with Gasteiger partial charge in [-0.05, 0) is 42.5 Å². The summed E-state index contributed by atoms with van der Waals surface area (Å²) in [6, 6.07) is 17.6. The molecule has 0 aliphatic carbocycles. The number of carbonyl (C=O) groups excluding carboxylic acids is 2. The van der Waals surface area contributed by atoms with Gasteiger partial charge < -0.3 is 9.73 Å². The van der Waals surface area contributed by atoms with Gasteiger partial charge in [0.25, 0.3) is 11.8 Å². The van der Waals surface area contributed by atoms with Gasteiger partial charge in [-0.1, -0.05) is 29.5 Å². The van der Waals surface area contributed by atoms with Gasteiger partial charge in [-0.15, -0.1) is 0 Å². The molecule has 128 valence electrons. The average molecular weight is 363 g/mol. The predicted molar refractivity (Wildman–Crippen MR) is 101 cm³/mol. The van der Waals surface area contributed by atoms with E-state index in [2.05, 4.69) is 15.6 Å². The molecule has 0 aliphatic heterocycles. The van der Waals surface area contributed by atoms with E-state index in [1.165, 1.54) is 17.6 Å². The number of fused-ring (bicyclic) bond motifs is 1. The molecule has 2 amide bonds. The Balaban J connectivity index is 1.52. The lowest BCUT2D eigenvalue weighted by Crippen LogP contribution is -2.11. The minimum absolute atomic E-state index is 0.180. The van der Waals surface area contributed by atoms with Crippen molar-refractivity contribution in [1.82, 2.24) is 4.98 Å². The Morgan fingerprint density at radius 3 is 2.54 bits per heavy atom. The Morgan fingerprint density at radius 2 is 1.77 bits per heavy atom. The van der Waals surface area contributed by atoms with Crippen LogP contribution in [-0.4, -0.2) is 16.8 Å². The van der Waals surface area contributed by atoms with Crippen molar-refractivity contribution < 1.29 is 14.0 Å². The lowest BCUT2D eigenvalue weighted by molar-refractivity contribution is 0.0994. The van der Waals surface area contributed by atoms with Crippen LogP contribution in [0.3, 0.4) is 0 Å². The summed E-state index contributed by atoms with van der Waals surface area (Å²) in [5, 5.41) is 6.03. The minimum Gasteiger partial charge on any atom is -0.459 e. The lowest BCUT2D eigenvalue weighted by Gasteiger charge is -2.04. The molecule has 6 nitrogen and oxygen atoms in total. The number of hydrogen-bond acceptors (Lipinski definition) is 5. The van der Waals surface area contributed by atoms with Crippen molar-refractivity contribution in [2.45, 2.75) is 0 Å². The average Bonchev–Trinajstić information content (AvgIpc) is 3.31. The topological polar surface area (TPSA) is 84.2 Å². The van der Waals surface area contributed by atoms with Crippen LogP contribution in [-0.2, 0) is 0 Å². The van der Waals surface area contributed by atoms with Crippen LogP contribution in [0.1, 0.15) is 20.9 Å². The summed E-state index contributed by atoms with van der Waals surface area (Å²) in [7, 11) is 0. The molecular weight excluding hydrogens is 350 g/mol. The molecule has 0 aliphatic rings. The van der Waals surface area contributed by atoms with E-state index in [0.29, 0.717) is 16.4 Å². The van der Waals surface area contributed by atoms with Crippen molar-refractivity contribution in [1.29, 1.82) is 0 Å². The largest absolute Gasteiger partial charge is 0.459 e. The van der Waals surface area contributed by atoms with Gasteiger partial charge in [-0.3, -0.25) is 14.9 Å². The Labute approximate surface area is 152 Å². The monoisotopic (exact) mass is 363 g/mol. The van der Waals surface area contributed by atoms with Crippen molar-refractivity contribution in [2.24, 2.45) is 0 Å². The van der Waals surface area contributed by atoms with Crippen LogP contribution >= 0.6 is 11.3 Å². The van der Waals surface area contributed by atoms with Crippen molar-refractivity contribution in [3.8, 4) is 0 Å². The van der Waals surface area contributed by atoms with Crippen molar-refractivity contribution >= 4 is 44.2 Å². The Bertz CT molecular complexity index is 1070. The molecule has 7 heteroatoms. The number of nitrogens with one attached hydrogen (secondary N) is 2. The van der Waals surface area contributed by atoms with Gasteiger partial charge in [-0.25, -0.2) is 4.98 Å². The summed E-state index contributed by atoms with van der Waals surface area (Å²) in [6.45, 7) is 0. The summed E-state index contributed by atoms with van der Waals surface area (Å²) in [5.74, 6) is -0.312. The molecular formula is C19H13N3O3S. The maximum absolute atomic E-state index is 12.2. The SMILES string of the molecule is O=C(Nc1ccc2nc(NC(=O)c3ccco3)sc2c1)c1ccccc1. The van der Waals surface area contributed by atoms with Gasteiger partial charge in [0.2, 0.25) is 0 Å². The minimum atomic E-state index is -0.355. The molecule has 2 N–H and O–H groups in total. The normalized spacial score (nSPS) is 10.6. The zero-order valence-electron chi connectivity index (χ0n) is 13.4. The first-order valence-corrected chi connectivity index (χ1v) is 8.62.